The topological polar surface area (TPSA) is 82.5 Å². The van der Waals surface area contributed by atoms with Crippen molar-refractivity contribution >= 4 is 23.4 Å². The van der Waals surface area contributed by atoms with Crippen LogP contribution in [0.1, 0.15) is 10.4 Å². The van der Waals surface area contributed by atoms with Crippen LogP contribution in [-0.4, -0.2) is 29.1 Å². The van der Waals surface area contributed by atoms with Crippen molar-refractivity contribution < 1.29 is 19.1 Å². The number of carbonyl (C=O) groups excluding carboxylic acids is 1. The lowest BCUT2D eigenvalue weighted by atomic mass is 10.2. The van der Waals surface area contributed by atoms with Crippen LogP contribution in [0.3, 0.4) is 0 Å². The van der Waals surface area contributed by atoms with E-state index in [1.807, 2.05) is 0 Å². The van der Waals surface area contributed by atoms with Crippen molar-refractivity contribution in [3.63, 3.8) is 0 Å². The quantitative estimate of drug-likeness (QED) is 0.909. The van der Waals surface area contributed by atoms with E-state index in [0.29, 0.717) is 5.69 Å². The van der Waals surface area contributed by atoms with Crippen LogP contribution in [0.2, 0.25) is 0 Å². The Hall–Kier alpha value is -2.96. The third-order valence-electron chi connectivity index (χ3n) is 2.74. The van der Waals surface area contributed by atoms with Crippen molar-refractivity contribution in [3.8, 4) is 0 Å². The number of aromatic carboxylic acids is 1. The maximum Gasteiger partial charge on any atom is 0.337 e. The van der Waals surface area contributed by atoms with E-state index in [1.54, 1.807) is 6.07 Å². The summed E-state index contributed by atoms with van der Waals surface area (Å²) in [6.45, 7) is 0. The van der Waals surface area contributed by atoms with Gasteiger partial charge in [0.15, 0.2) is 0 Å². The summed E-state index contributed by atoms with van der Waals surface area (Å²) in [5.41, 5.74) is 0.569. The van der Waals surface area contributed by atoms with Gasteiger partial charge >= 0.3 is 12.0 Å². The normalized spacial score (nSPS) is 10.0. The van der Waals surface area contributed by atoms with Crippen LogP contribution < -0.4 is 10.2 Å². The summed E-state index contributed by atoms with van der Waals surface area (Å²) in [4.78, 5) is 27.8. The molecule has 1 aromatic heterocycles. The first-order valence-electron chi connectivity index (χ1n) is 5.96. The van der Waals surface area contributed by atoms with E-state index >= 15 is 0 Å². The average Bonchev–Trinajstić information content (AvgIpc) is 2.46. The van der Waals surface area contributed by atoms with Crippen molar-refractivity contribution in [1.82, 2.24) is 4.98 Å². The van der Waals surface area contributed by atoms with Gasteiger partial charge in [0.05, 0.1) is 17.4 Å². The van der Waals surface area contributed by atoms with Gasteiger partial charge in [0.1, 0.15) is 5.82 Å². The Morgan fingerprint density at radius 2 is 2.05 bits per heavy atom. The molecule has 2 rings (SSSR count). The first-order valence-corrected chi connectivity index (χ1v) is 5.96. The molecule has 0 aliphatic carbocycles. The molecule has 2 amide bonds. The van der Waals surface area contributed by atoms with Gasteiger partial charge in [-0.3, -0.25) is 9.88 Å². The summed E-state index contributed by atoms with van der Waals surface area (Å²) in [6, 6.07) is 6.30. The maximum absolute atomic E-state index is 13.1. The number of carbonyl (C=O) groups is 2. The number of anilines is 2. The summed E-state index contributed by atoms with van der Waals surface area (Å²) in [7, 11) is 1.47. The highest BCUT2D eigenvalue weighted by molar-refractivity contribution is 6.01. The molecule has 0 radical (unpaired) electrons. The second-order valence-electron chi connectivity index (χ2n) is 4.24. The molecular weight excluding hydrogens is 277 g/mol. The predicted octanol–water partition coefficient (Wildman–Crippen LogP) is 2.59. The number of amides is 2. The number of rotatable bonds is 3. The van der Waals surface area contributed by atoms with Crippen LogP contribution >= 0.6 is 0 Å². The Kier molecular flexibility index (Phi) is 4.13. The lowest BCUT2D eigenvalue weighted by molar-refractivity contribution is 0.0696. The molecule has 0 saturated heterocycles. The standard InChI is InChI=1S/C14H12FN3O3/c1-18(12-4-2-3-10(15)6-12)14(21)17-11-5-9(13(19)20)7-16-8-11/h2-8H,1H3,(H,17,21)(H,19,20). The molecule has 0 unspecified atom stereocenters. The molecule has 2 N–H and O–H groups in total. The van der Waals surface area contributed by atoms with E-state index in [0.717, 1.165) is 0 Å². The van der Waals surface area contributed by atoms with Gasteiger partial charge in [-0.05, 0) is 24.3 Å². The Balaban J connectivity index is 2.14. The van der Waals surface area contributed by atoms with Crippen molar-refractivity contribution in [2.45, 2.75) is 0 Å². The van der Waals surface area contributed by atoms with Crippen molar-refractivity contribution in [3.05, 3.63) is 54.1 Å². The molecule has 108 valence electrons. The number of hydrogen-bond acceptors (Lipinski definition) is 3. The number of halogens is 1. The highest BCUT2D eigenvalue weighted by Gasteiger charge is 2.13. The zero-order valence-electron chi connectivity index (χ0n) is 11.1. The summed E-state index contributed by atoms with van der Waals surface area (Å²) >= 11 is 0. The molecule has 0 bridgehead atoms. The van der Waals surface area contributed by atoms with E-state index in [2.05, 4.69) is 10.3 Å². The molecule has 0 aliphatic heterocycles. The van der Waals surface area contributed by atoms with E-state index < -0.39 is 17.8 Å². The summed E-state index contributed by atoms with van der Waals surface area (Å²) in [5, 5.41) is 11.3. The fourth-order valence-electron chi connectivity index (χ4n) is 1.63. The third kappa shape index (κ3) is 3.53. The average molecular weight is 289 g/mol. The molecule has 1 heterocycles. The van der Waals surface area contributed by atoms with Crippen molar-refractivity contribution in [1.29, 1.82) is 0 Å². The zero-order chi connectivity index (χ0) is 15.4. The molecule has 0 fully saturated rings. The Labute approximate surface area is 119 Å². The van der Waals surface area contributed by atoms with E-state index in [1.165, 1.54) is 48.6 Å². The minimum Gasteiger partial charge on any atom is -0.478 e. The second kappa shape index (κ2) is 6.00. The van der Waals surface area contributed by atoms with Crippen molar-refractivity contribution in [2.75, 3.05) is 17.3 Å². The SMILES string of the molecule is CN(C(=O)Nc1cncc(C(=O)O)c1)c1cccc(F)c1. The van der Waals surface area contributed by atoms with Gasteiger partial charge in [-0.15, -0.1) is 0 Å². The van der Waals surface area contributed by atoms with Gasteiger partial charge < -0.3 is 10.4 Å². The Morgan fingerprint density at radius 3 is 2.71 bits per heavy atom. The molecule has 0 saturated carbocycles. The fraction of sp³-hybridized carbons (Fsp3) is 0.0714. The van der Waals surface area contributed by atoms with Crippen LogP contribution in [-0.2, 0) is 0 Å². The summed E-state index contributed by atoms with van der Waals surface area (Å²) in [6.07, 6.45) is 2.50. The van der Waals surface area contributed by atoms with Gasteiger partial charge in [0.2, 0.25) is 0 Å². The van der Waals surface area contributed by atoms with Gasteiger partial charge in [0, 0.05) is 18.9 Å². The lowest BCUT2D eigenvalue weighted by Crippen LogP contribution is -2.31. The number of aromatic nitrogens is 1. The van der Waals surface area contributed by atoms with Crippen LogP contribution in [0, 0.1) is 5.82 Å². The number of benzene rings is 1. The number of nitrogens with zero attached hydrogens (tertiary/aromatic N) is 2. The minimum atomic E-state index is -1.14. The number of urea groups is 1. The van der Waals surface area contributed by atoms with E-state index in [9.17, 15) is 14.0 Å². The molecule has 0 atom stereocenters. The van der Waals surface area contributed by atoms with E-state index in [-0.39, 0.29) is 11.3 Å². The largest absolute Gasteiger partial charge is 0.478 e. The monoisotopic (exact) mass is 289 g/mol. The Bertz CT molecular complexity index is 691. The molecule has 1 aromatic carbocycles. The Morgan fingerprint density at radius 1 is 1.29 bits per heavy atom. The molecule has 6 nitrogen and oxygen atoms in total. The highest BCUT2D eigenvalue weighted by Crippen LogP contribution is 2.16. The third-order valence-corrected chi connectivity index (χ3v) is 2.74. The molecule has 0 spiro atoms. The summed E-state index contributed by atoms with van der Waals surface area (Å²) in [5.74, 6) is -1.60. The van der Waals surface area contributed by atoms with Gasteiger partial charge in [-0.1, -0.05) is 6.07 Å². The van der Waals surface area contributed by atoms with Gasteiger partial charge in [-0.2, -0.15) is 0 Å². The smallest absolute Gasteiger partial charge is 0.337 e. The van der Waals surface area contributed by atoms with Crippen LogP contribution in [0.25, 0.3) is 0 Å². The predicted molar refractivity (Wildman–Crippen MR) is 75.0 cm³/mol. The number of carboxylic acids is 1. The number of nitrogens with one attached hydrogen (secondary N) is 1. The minimum absolute atomic E-state index is 0.0405. The van der Waals surface area contributed by atoms with Gasteiger partial charge in [0.25, 0.3) is 0 Å². The number of carboxylic acid groups (broad SMARTS) is 1. The highest BCUT2D eigenvalue weighted by atomic mass is 19.1. The molecule has 21 heavy (non-hydrogen) atoms. The van der Waals surface area contributed by atoms with E-state index in [4.69, 9.17) is 5.11 Å². The van der Waals surface area contributed by atoms with Crippen LogP contribution in [0.4, 0.5) is 20.6 Å². The molecular formula is C14H12FN3O3. The summed E-state index contributed by atoms with van der Waals surface area (Å²) < 4.78 is 13.1. The molecule has 0 aliphatic rings. The maximum atomic E-state index is 13.1. The fourth-order valence-corrected chi connectivity index (χ4v) is 1.63. The van der Waals surface area contributed by atoms with Crippen molar-refractivity contribution in [2.24, 2.45) is 0 Å². The van der Waals surface area contributed by atoms with Gasteiger partial charge in [-0.25, -0.2) is 14.0 Å². The zero-order valence-corrected chi connectivity index (χ0v) is 11.1. The van der Waals surface area contributed by atoms with Crippen LogP contribution in [0.5, 0.6) is 0 Å². The first kappa shape index (κ1) is 14.4. The second-order valence-corrected chi connectivity index (χ2v) is 4.24. The lowest BCUT2D eigenvalue weighted by Gasteiger charge is -2.18. The first-order chi connectivity index (χ1) is 9.97. The van der Waals surface area contributed by atoms with Crippen LogP contribution in [0.15, 0.2) is 42.7 Å². The molecule has 7 heteroatoms. The number of pyridine rings is 1. The number of hydrogen-bond donors (Lipinski definition) is 2. The molecule has 2 aromatic rings.